The molecule has 0 bridgehead atoms. The summed E-state index contributed by atoms with van der Waals surface area (Å²) in [7, 11) is 0. The Kier molecular flexibility index (Phi) is 5.48. The van der Waals surface area contributed by atoms with Gasteiger partial charge in [0.25, 0.3) is 11.8 Å². The van der Waals surface area contributed by atoms with Gasteiger partial charge < -0.3 is 10.6 Å². The molecular formula is C24H20N4O2. The number of pyridine rings is 2. The number of carbonyl (C=O) groups excluding carboxylic acids is 2. The molecule has 0 spiro atoms. The van der Waals surface area contributed by atoms with E-state index in [0.717, 1.165) is 10.9 Å². The van der Waals surface area contributed by atoms with Crippen LogP contribution >= 0.6 is 0 Å². The maximum absolute atomic E-state index is 12.7. The van der Waals surface area contributed by atoms with Crippen LogP contribution in [0.2, 0.25) is 0 Å². The van der Waals surface area contributed by atoms with Gasteiger partial charge in [-0.3, -0.25) is 19.6 Å². The summed E-state index contributed by atoms with van der Waals surface area (Å²) in [6.45, 7) is 1.91. The number of fused-ring (bicyclic) bond motifs is 1. The van der Waals surface area contributed by atoms with Crippen LogP contribution in [0.3, 0.4) is 0 Å². The number of carbonyl (C=O) groups is 2. The summed E-state index contributed by atoms with van der Waals surface area (Å²) in [6, 6.07) is 21.9. The van der Waals surface area contributed by atoms with Crippen molar-refractivity contribution in [3.63, 3.8) is 0 Å². The zero-order valence-electron chi connectivity index (χ0n) is 16.4. The monoisotopic (exact) mass is 396 g/mol. The quantitative estimate of drug-likeness (QED) is 0.525. The molecule has 0 saturated carbocycles. The van der Waals surface area contributed by atoms with E-state index in [2.05, 4.69) is 20.6 Å². The van der Waals surface area contributed by atoms with Crippen LogP contribution in [-0.2, 0) is 0 Å². The number of anilines is 1. The number of aromatic nitrogens is 2. The molecule has 0 saturated heterocycles. The number of nitrogens with one attached hydrogen (secondary N) is 2. The summed E-state index contributed by atoms with van der Waals surface area (Å²) < 4.78 is 0. The Morgan fingerprint density at radius 1 is 0.833 bits per heavy atom. The highest BCUT2D eigenvalue weighted by Crippen LogP contribution is 2.21. The summed E-state index contributed by atoms with van der Waals surface area (Å²) in [5.41, 5.74) is 2.81. The minimum Gasteiger partial charge on any atom is -0.346 e. The van der Waals surface area contributed by atoms with Crippen LogP contribution in [0.15, 0.2) is 85.2 Å². The van der Waals surface area contributed by atoms with E-state index in [1.54, 1.807) is 18.3 Å². The van der Waals surface area contributed by atoms with E-state index >= 15 is 0 Å². The zero-order chi connectivity index (χ0) is 20.9. The second kappa shape index (κ2) is 8.53. The second-order valence-electron chi connectivity index (χ2n) is 6.87. The summed E-state index contributed by atoms with van der Waals surface area (Å²) in [5.74, 6) is -0.673. The summed E-state index contributed by atoms with van der Waals surface area (Å²) in [4.78, 5) is 33.9. The lowest BCUT2D eigenvalue weighted by atomic mass is 10.1. The van der Waals surface area contributed by atoms with E-state index in [-0.39, 0.29) is 17.6 Å². The van der Waals surface area contributed by atoms with Gasteiger partial charge in [-0.05, 0) is 36.8 Å². The van der Waals surface area contributed by atoms with Gasteiger partial charge in [0, 0.05) is 23.3 Å². The molecular weight excluding hydrogens is 376 g/mol. The van der Waals surface area contributed by atoms with Crippen LogP contribution in [0.4, 0.5) is 5.69 Å². The van der Waals surface area contributed by atoms with E-state index in [1.807, 2.05) is 61.5 Å². The number of benzene rings is 2. The predicted molar refractivity (Wildman–Crippen MR) is 116 cm³/mol. The standard InChI is InChI=1S/C24H20N4O2/c1-16(17-7-3-2-4-8-17)27-23(29)19-12-14-25-21(15-19)24(30)28-20-11-5-9-18-10-6-13-26-22(18)20/h2-16H,1H3,(H,27,29)(H,28,30). The Bertz CT molecular complexity index is 1200. The number of nitrogens with zero attached hydrogens (tertiary/aromatic N) is 2. The molecule has 0 radical (unpaired) electrons. The number of hydrogen-bond donors (Lipinski definition) is 2. The molecule has 6 nitrogen and oxygen atoms in total. The third-order valence-electron chi connectivity index (χ3n) is 4.78. The first-order chi connectivity index (χ1) is 14.6. The van der Waals surface area contributed by atoms with Crippen molar-refractivity contribution >= 4 is 28.4 Å². The Labute approximate surface area is 174 Å². The fraction of sp³-hybridized carbons (Fsp3) is 0.0833. The molecule has 2 aromatic carbocycles. The van der Waals surface area contributed by atoms with Crippen molar-refractivity contribution in [1.29, 1.82) is 0 Å². The van der Waals surface area contributed by atoms with E-state index in [4.69, 9.17) is 0 Å². The lowest BCUT2D eigenvalue weighted by molar-refractivity contribution is 0.0939. The van der Waals surface area contributed by atoms with Crippen molar-refractivity contribution in [2.45, 2.75) is 13.0 Å². The molecule has 30 heavy (non-hydrogen) atoms. The van der Waals surface area contributed by atoms with Crippen molar-refractivity contribution in [2.75, 3.05) is 5.32 Å². The molecule has 6 heteroatoms. The van der Waals surface area contributed by atoms with Crippen LogP contribution in [0.25, 0.3) is 10.9 Å². The molecule has 4 aromatic rings. The number of hydrogen-bond acceptors (Lipinski definition) is 4. The minimum atomic E-state index is -0.404. The predicted octanol–water partition coefficient (Wildman–Crippen LogP) is 4.37. The molecule has 1 atom stereocenters. The largest absolute Gasteiger partial charge is 0.346 e. The van der Waals surface area contributed by atoms with Crippen molar-refractivity contribution in [1.82, 2.24) is 15.3 Å². The number of amides is 2. The van der Waals surface area contributed by atoms with E-state index in [1.165, 1.54) is 12.3 Å². The number of rotatable bonds is 5. The van der Waals surface area contributed by atoms with Gasteiger partial charge >= 0.3 is 0 Å². The topological polar surface area (TPSA) is 84.0 Å². The third kappa shape index (κ3) is 4.17. The van der Waals surface area contributed by atoms with Gasteiger partial charge in [0.2, 0.25) is 0 Å². The molecule has 0 aliphatic carbocycles. The molecule has 148 valence electrons. The Hall–Kier alpha value is -4.06. The molecule has 2 amide bonds. The lowest BCUT2D eigenvalue weighted by Crippen LogP contribution is -2.27. The van der Waals surface area contributed by atoms with Gasteiger partial charge in [0.1, 0.15) is 5.69 Å². The van der Waals surface area contributed by atoms with Gasteiger partial charge in [0.15, 0.2) is 0 Å². The summed E-state index contributed by atoms with van der Waals surface area (Å²) >= 11 is 0. The van der Waals surface area contributed by atoms with Crippen molar-refractivity contribution in [3.05, 3.63) is 102 Å². The number of para-hydroxylation sites is 1. The summed E-state index contributed by atoms with van der Waals surface area (Å²) in [5, 5.41) is 6.70. The molecule has 2 N–H and O–H groups in total. The van der Waals surface area contributed by atoms with Gasteiger partial charge in [-0.2, -0.15) is 0 Å². The normalized spacial score (nSPS) is 11.6. The average Bonchev–Trinajstić information content (AvgIpc) is 2.80. The average molecular weight is 396 g/mol. The van der Waals surface area contributed by atoms with Gasteiger partial charge in [-0.15, -0.1) is 0 Å². The maximum atomic E-state index is 12.7. The van der Waals surface area contributed by atoms with Gasteiger partial charge in [-0.1, -0.05) is 48.5 Å². The molecule has 0 fully saturated rings. The van der Waals surface area contributed by atoms with E-state index in [9.17, 15) is 9.59 Å². The van der Waals surface area contributed by atoms with Crippen molar-refractivity contribution in [3.8, 4) is 0 Å². The smallest absolute Gasteiger partial charge is 0.274 e. The van der Waals surface area contributed by atoms with Crippen LogP contribution in [0, 0.1) is 0 Å². The highest BCUT2D eigenvalue weighted by Gasteiger charge is 2.15. The summed E-state index contributed by atoms with van der Waals surface area (Å²) in [6.07, 6.45) is 3.13. The van der Waals surface area contributed by atoms with E-state index in [0.29, 0.717) is 16.8 Å². The molecule has 0 aliphatic rings. The Morgan fingerprint density at radius 2 is 1.63 bits per heavy atom. The molecule has 2 heterocycles. The molecule has 2 aromatic heterocycles. The maximum Gasteiger partial charge on any atom is 0.274 e. The lowest BCUT2D eigenvalue weighted by Gasteiger charge is -2.14. The van der Waals surface area contributed by atoms with Gasteiger partial charge in [-0.25, -0.2) is 0 Å². The Balaban J connectivity index is 1.51. The molecule has 0 aliphatic heterocycles. The van der Waals surface area contributed by atoms with E-state index < -0.39 is 5.91 Å². The first-order valence-corrected chi connectivity index (χ1v) is 9.59. The first kappa shape index (κ1) is 19.3. The highest BCUT2D eigenvalue weighted by molar-refractivity contribution is 6.08. The van der Waals surface area contributed by atoms with Crippen LogP contribution in [0.5, 0.6) is 0 Å². The zero-order valence-corrected chi connectivity index (χ0v) is 16.4. The minimum absolute atomic E-state index is 0.156. The van der Waals surface area contributed by atoms with Crippen molar-refractivity contribution < 1.29 is 9.59 Å². The van der Waals surface area contributed by atoms with Crippen LogP contribution in [-0.4, -0.2) is 21.8 Å². The fourth-order valence-electron chi connectivity index (χ4n) is 3.19. The highest BCUT2D eigenvalue weighted by atomic mass is 16.2. The van der Waals surface area contributed by atoms with Gasteiger partial charge in [0.05, 0.1) is 17.2 Å². The third-order valence-corrected chi connectivity index (χ3v) is 4.78. The van der Waals surface area contributed by atoms with Crippen molar-refractivity contribution in [2.24, 2.45) is 0 Å². The second-order valence-corrected chi connectivity index (χ2v) is 6.87. The fourth-order valence-corrected chi connectivity index (χ4v) is 3.19. The van der Waals surface area contributed by atoms with Crippen LogP contribution < -0.4 is 10.6 Å². The van der Waals surface area contributed by atoms with Crippen LogP contribution in [0.1, 0.15) is 39.4 Å². The first-order valence-electron chi connectivity index (χ1n) is 9.59. The molecule has 1 unspecified atom stereocenters. The SMILES string of the molecule is CC(NC(=O)c1ccnc(C(=O)Nc2cccc3cccnc23)c1)c1ccccc1. The molecule has 4 rings (SSSR count). The Morgan fingerprint density at radius 3 is 2.47 bits per heavy atom.